The van der Waals surface area contributed by atoms with Crippen LogP contribution < -0.4 is 5.32 Å². The number of ether oxygens (including phenoxy) is 1. The fourth-order valence-electron chi connectivity index (χ4n) is 2.23. The molecule has 1 N–H and O–H groups in total. The molecule has 0 radical (unpaired) electrons. The summed E-state index contributed by atoms with van der Waals surface area (Å²) in [5, 5.41) is 3.18. The van der Waals surface area contributed by atoms with Crippen molar-refractivity contribution in [3.63, 3.8) is 0 Å². The Morgan fingerprint density at radius 1 is 1.20 bits per heavy atom. The smallest absolute Gasteiger partial charge is 0.0593 e. The number of likely N-dealkylation sites (N-methyl/N-ethyl adjacent to an activating group) is 2. The Labute approximate surface area is 123 Å². The third-order valence-electron chi connectivity index (χ3n) is 3.81. The SMILES string of the molecule is CNCCc1ccc(CN(C)CCOCC2CC2)cc1. The van der Waals surface area contributed by atoms with E-state index in [2.05, 4.69) is 41.5 Å². The minimum Gasteiger partial charge on any atom is -0.380 e. The number of nitrogens with zero attached hydrogens (tertiary/aromatic N) is 1. The van der Waals surface area contributed by atoms with Crippen molar-refractivity contribution >= 4 is 0 Å². The van der Waals surface area contributed by atoms with Crippen LogP contribution in [-0.2, 0) is 17.7 Å². The molecule has 0 heterocycles. The summed E-state index contributed by atoms with van der Waals surface area (Å²) in [4.78, 5) is 2.33. The lowest BCUT2D eigenvalue weighted by Gasteiger charge is -2.17. The van der Waals surface area contributed by atoms with Crippen LogP contribution in [0.5, 0.6) is 0 Å². The largest absolute Gasteiger partial charge is 0.380 e. The predicted molar refractivity (Wildman–Crippen MR) is 83.9 cm³/mol. The van der Waals surface area contributed by atoms with E-state index in [0.717, 1.165) is 45.2 Å². The van der Waals surface area contributed by atoms with Crippen molar-refractivity contribution in [2.75, 3.05) is 40.4 Å². The molecule has 0 unspecified atom stereocenters. The molecule has 20 heavy (non-hydrogen) atoms. The van der Waals surface area contributed by atoms with E-state index >= 15 is 0 Å². The zero-order chi connectivity index (χ0) is 14.2. The van der Waals surface area contributed by atoms with Gasteiger partial charge in [0.2, 0.25) is 0 Å². The first-order chi connectivity index (χ1) is 9.78. The molecule has 0 bridgehead atoms. The molecular weight excluding hydrogens is 248 g/mol. The second-order valence-electron chi connectivity index (χ2n) is 5.93. The van der Waals surface area contributed by atoms with Crippen LogP contribution in [0.2, 0.25) is 0 Å². The molecule has 0 aliphatic heterocycles. The van der Waals surface area contributed by atoms with Gasteiger partial charge in [-0.05, 0) is 56.9 Å². The van der Waals surface area contributed by atoms with Crippen LogP contribution in [0.15, 0.2) is 24.3 Å². The molecule has 0 amide bonds. The van der Waals surface area contributed by atoms with E-state index in [0.29, 0.717) is 0 Å². The first kappa shape index (κ1) is 15.5. The van der Waals surface area contributed by atoms with E-state index in [1.807, 2.05) is 7.05 Å². The molecule has 3 nitrogen and oxygen atoms in total. The summed E-state index contributed by atoms with van der Waals surface area (Å²) in [6.45, 7) is 4.87. The highest BCUT2D eigenvalue weighted by atomic mass is 16.5. The van der Waals surface area contributed by atoms with E-state index in [9.17, 15) is 0 Å². The third kappa shape index (κ3) is 6.04. The number of hydrogen-bond donors (Lipinski definition) is 1. The van der Waals surface area contributed by atoms with Gasteiger partial charge in [-0.25, -0.2) is 0 Å². The van der Waals surface area contributed by atoms with Gasteiger partial charge in [0.15, 0.2) is 0 Å². The minimum atomic E-state index is 0.854. The maximum Gasteiger partial charge on any atom is 0.0593 e. The number of nitrogens with one attached hydrogen (secondary N) is 1. The summed E-state index contributed by atoms with van der Waals surface area (Å²) < 4.78 is 5.68. The van der Waals surface area contributed by atoms with Crippen molar-refractivity contribution in [3.05, 3.63) is 35.4 Å². The highest BCUT2D eigenvalue weighted by molar-refractivity contribution is 5.22. The lowest BCUT2D eigenvalue weighted by atomic mass is 10.1. The lowest BCUT2D eigenvalue weighted by molar-refractivity contribution is 0.102. The van der Waals surface area contributed by atoms with Crippen LogP contribution in [0.25, 0.3) is 0 Å². The summed E-state index contributed by atoms with van der Waals surface area (Å²) in [7, 11) is 4.16. The van der Waals surface area contributed by atoms with Crippen LogP contribution in [0.3, 0.4) is 0 Å². The quantitative estimate of drug-likeness (QED) is 0.664. The van der Waals surface area contributed by atoms with Gasteiger partial charge in [-0.15, -0.1) is 0 Å². The third-order valence-corrected chi connectivity index (χ3v) is 3.81. The fraction of sp³-hybridized carbons (Fsp3) is 0.647. The number of hydrogen-bond acceptors (Lipinski definition) is 3. The van der Waals surface area contributed by atoms with E-state index in [4.69, 9.17) is 4.74 Å². The summed E-state index contributed by atoms with van der Waals surface area (Å²) in [6.07, 6.45) is 3.84. The second-order valence-corrected chi connectivity index (χ2v) is 5.93. The summed E-state index contributed by atoms with van der Waals surface area (Å²) >= 11 is 0. The Morgan fingerprint density at radius 3 is 2.55 bits per heavy atom. The van der Waals surface area contributed by atoms with Crippen molar-refractivity contribution in [3.8, 4) is 0 Å². The molecule has 1 aromatic carbocycles. The van der Waals surface area contributed by atoms with Gasteiger partial charge in [0.05, 0.1) is 6.61 Å². The average molecular weight is 276 g/mol. The monoisotopic (exact) mass is 276 g/mol. The van der Waals surface area contributed by atoms with Gasteiger partial charge in [-0.2, -0.15) is 0 Å². The van der Waals surface area contributed by atoms with Crippen LogP contribution in [0, 0.1) is 5.92 Å². The molecule has 0 spiro atoms. The van der Waals surface area contributed by atoms with E-state index < -0.39 is 0 Å². The average Bonchev–Trinajstić information content (AvgIpc) is 3.27. The molecule has 3 heteroatoms. The predicted octanol–water partition coefficient (Wildman–Crippen LogP) is 2.31. The first-order valence-corrected chi connectivity index (χ1v) is 7.76. The minimum absolute atomic E-state index is 0.854. The van der Waals surface area contributed by atoms with Crippen LogP contribution in [-0.4, -0.2) is 45.3 Å². The Hall–Kier alpha value is -0.900. The van der Waals surface area contributed by atoms with Gasteiger partial charge in [0, 0.05) is 19.7 Å². The maximum atomic E-state index is 5.68. The lowest BCUT2D eigenvalue weighted by Crippen LogP contribution is -2.23. The Morgan fingerprint density at radius 2 is 1.90 bits per heavy atom. The van der Waals surface area contributed by atoms with Crippen molar-refractivity contribution in [1.29, 1.82) is 0 Å². The zero-order valence-corrected chi connectivity index (χ0v) is 12.9. The van der Waals surface area contributed by atoms with E-state index in [1.165, 1.54) is 24.0 Å². The Kier molecular flexibility index (Phi) is 6.51. The molecule has 2 rings (SSSR count). The van der Waals surface area contributed by atoms with Crippen LogP contribution in [0.4, 0.5) is 0 Å². The highest BCUT2D eigenvalue weighted by Crippen LogP contribution is 2.28. The van der Waals surface area contributed by atoms with E-state index in [-0.39, 0.29) is 0 Å². The Balaban J connectivity index is 1.63. The van der Waals surface area contributed by atoms with Crippen molar-refractivity contribution in [2.24, 2.45) is 5.92 Å². The van der Waals surface area contributed by atoms with Gasteiger partial charge in [-0.3, -0.25) is 4.90 Å². The molecule has 1 fully saturated rings. The molecule has 0 saturated heterocycles. The van der Waals surface area contributed by atoms with Gasteiger partial charge < -0.3 is 10.1 Å². The maximum absolute atomic E-state index is 5.68. The fourth-order valence-corrected chi connectivity index (χ4v) is 2.23. The highest BCUT2D eigenvalue weighted by Gasteiger charge is 2.20. The summed E-state index contributed by atoms with van der Waals surface area (Å²) in [6, 6.07) is 8.97. The standard InChI is InChI=1S/C17H28N2O/c1-18-10-9-15-3-5-16(6-4-15)13-19(2)11-12-20-14-17-7-8-17/h3-6,17-18H,7-14H2,1-2H3. The molecule has 1 aromatic rings. The van der Waals surface area contributed by atoms with Gasteiger partial charge >= 0.3 is 0 Å². The van der Waals surface area contributed by atoms with Crippen molar-refractivity contribution < 1.29 is 4.74 Å². The summed E-state index contributed by atoms with van der Waals surface area (Å²) in [5.74, 6) is 0.866. The molecule has 0 atom stereocenters. The molecule has 1 aliphatic rings. The molecule has 112 valence electrons. The normalized spacial score (nSPS) is 14.9. The van der Waals surface area contributed by atoms with E-state index in [1.54, 1.807) is 0 Å². The summed E-state index contributed by atoms with van der Waals surface area (Å²) in [5.41, 5.74) is 2.78. The van der Waals surface area contributed by atoms with Crippen molar-refractivity contribution in [1.82, 2.24) is 10.2 Å². The molecule has 0 aromatic heterocycles. The topological polar surface area (TPSA) is 24.5 Å². The molecule has 1 aliphatic carbocycles. The molecular formula is C17H28N2O. The van der Waals surface area contributed by atoms with Crippen LogP contribution in [0.1, 0.15) is 24.0 Å². The zero-order valence-electron chi connectivity index (χ0n) is 12.9. The van der Waals surface area contributed by atoms with Crippen molar-refractivity contribution in [2.45, 2.75) is 25.8 Å². The Bertz CT molecular complexity index is 373. The first-order valence-electron chi connectivity index (χ1n) is 7.76. The van der Waals surface area contributed by atoms with Gasteiger partial charge in [0.25, 0.3) is 0 Å². The second kappa shape index (κ2) is 8.40. The molecule has 1 saturated carbocycles. The number of rotatable bonds is 10. The van der Waals surface area contributed by atoms with Crippen LogP contribution >= 0.6 is 0 Å². The number of benzene rings is 1. The van der Waals surface area contributed by atoms with Gasteiger partial charge in [-0.1, -0.05) is 24.3 Å². The van der Waals surface area contributed by atoms with Gasteiger partial charge in [0.1, 0.15) is 0 Å².